The standard InChI is InChI=1S/C16H23N3O2/c1-11(2)8-12(16(20)21)9-17-10-15-18-13-6-4-5-7-14(13)19(15)3/h4-7,11-12,17H,8-10H2,1-3H3,(H,20,21). The van der Waals surface area contributed by atoms with Crippen LogP contribution in [0.1, 0.15) is 26.1 Å². The molecule has 0 spiro atoms. The molecule has 0 saturated heterocycles. The molecule has 0 amide bonds. The number of benzene rings is 1. The molecule has 1 heterocycles. The number of rotatable bonds is 7. The molecule has 2 N–H and O–H groups in total. The molecule has 0 aliphatic rings. The van der Waals surface area contributed by atoms with Crippen LogP contribution < -0.4 is 5.32 Å². The third kappa shape index (κ3) is 3.82. The van der Waals surface area contributed by atoms with Crippen LogP contribution in [0.25, 0.3) is 11.0 Å². The normalized spacial score (nSPS) is 13.0. The third-order valence-corrected chi connectivity index (χ3v) is 3.66. The largest absolute Gasteiger partial charge is 0.481 e. The Bertz CT molecular complexity index is 619. The van der Waals surface area contributed by atoms with E-state index in [1.807, 2.05) is 49.7 Å². The number of aliphatic carboxylic acids is 1. The number of aromatic nitrogens is 2. The zero-order chi connectivity index (χ0) is 15.4. The Morgan fingerprint density at radius 2 is 2.10 bits per heavy atom. The lowest BCUT2D eigenvalue weighted by molar-refractivity contribution is -0.142. The maximum atomic E-state index is 11.2. The van der Waals surface area contributed by atoms with E-state index in [1.165, 1.54) is 0 Å². The van der Waals surface area contributed by atoms with Crippen LogP contribution in [0.3, 0.4) is 0 Å². The highest BCUT2D eigenvalue weighted by Gasteiger charge is 2.18. The van der Waals surface area contributed by atoms with Crippen molar-refractivity contribution in [2.75, 3.05) is 6.54 Å². The Labute approximate surface area is 125 Å². The fourth-order valence-electron chi connectivity index (χ4n) is 2.55. The number of carboxylic acid groups (broad SMARTS) is 1. The van der Waals surface area contributed by atoms with E-state index < -0.39 is 5.97 Å². The molecular weight excluding hydrogens is 266 g/mol. The topological polar surface area (TPSA) is 67.2 Å². The van der Waals surface area contributed by atoms with Gasteiger partial charge in [-0.25, -0.2) is 4.98 Å². The van der Waals surface area contributed by atoms with Crippen molar-refractivity contribution < 1.29 is 9.90 Å². The fraction of sp³-hybridized carbons (Fsp3) is 0.500. The van der Waals surface area contributed by atoms with Crippen molar-refractivity contribution in [2.24, 2.45) is 18.9 Å². The summed E-state index contributed by atoms with van der Waals surface area (Å²) in [7, 11) is 1.98. The Morgan fingerprint density at radius 3 is 2.71 bits per heavy atom. The number of nitrogens with zero attached hydrogens (tertiary/aromatic N) is 2. The average Bonchev–Trinajstić information content (AvgIpc) is 2.74. The number of carbonyl (C=O) groups is 1. The van der Waals surface area contributed by atoms with Gasteiger partial charge in [-0.15, -0.1) is 0 Å². The van der Waals surface area contributed by atoms with Gasteiger partial charge in [0.2, 0.25) is 0 Å². The zero-order valence-corrected chi connectivity index (χ0v) is 12.8. The number of hydrogen-bond acceptors (Lipinski definition) is 3. The van der Waals surface area contributed by atoms with Crippen molar-refractivity contribution in [2.45, 2.75) is 26.8 Å². The van der Waals surface area contributed by atoms with Gasteiger partial charge in [-0.3, -0.25) is 4.79 Å². The van der Waals surface area contributed by atoms with Crippen molar-refractivity contribution in [3.8, 4) is 0 Å². The summed E-state index contributed by atoms with van der Waals surface area (Å²) < 4.78 is 2.04. The number of carboxylic acids is 1. The molecule has 21 heavy (non-hydrogen) atoms. The molecule has 2 aromatic rings. The summed E-state index contributed by atoms with van der Waals surface area (Å²) in [5.41, 5.74) is 2.06. The van der Waals surface area contributed by atoms with Crippen molar-refractivity contribution in [1.82, 2.24) is 14.9 Å². The van der Waals surface area contributed by atoms with Gasteiger partial charge in [0, 0.05) is 13.6 Å². The Balaban J connectivity index is 1.98. The minimum atomic E-state index is -0.735. The van der Waals surface area contributed by atoms with Crippen molar-refractivity contribution in [3.63, 3.8) is 0 Å². The minimum Gasteiger partial charge on any atom is -0.481 e. The Kier molecular flexibility index (Phi) is 4.96. The molecule has 0 saturated carbocycles. The van der Waals surface area contributed by atoms with Crippen LogP contribution in [0.15, 0.2) is 24.3 Å². The van der Waals surface area contributed by atoms with E-state index >= 15 is 0 Å². The summed E-state index contributed by atoms with van der Waals surface area (Å²) >= 11 is 0. The first-order chi connectivity index (χ1) is 9.99. The van der Waals surface area contributed by atoms with Gasteiger partial charge in [0.1, 0.15) is 5.82 Å². The molecule has 0 aliphatic heterocycles. The summed E-state index contributed by atoms with van der Waals surface area (Å²) in [6.07, 6.45) is 0.685. The van der Waals surface area contributed by atoms with E-state index in [0.717, 1.165) is 16.9 Å². The predicted molar refractivity (Wildman–Crippen MR) is 83.0 cm³/mol. The van der Waals surface area contributed by atoms with Crippen LogP contribution >= 0.6 is 0 Å². The van der Waals surface area contributed by atoms with Gasteiger partial charge < -0.3 is 15.0 Å². The molecule has 5 heteroatoms. The minimum absolute atomic E-state index is 0.348. The molecule has 0 bridgehead atoms. The predicted octanol–water partition coefficient (Wildman–Crippen LogP) is 2.41. The molecule has 2 rings (SSSR count). The van der Waals surface area contributed by atoms with Gasteiger partial charge >= 0.3 is 5.97 Å². The Hall–Kier alpha value is -1.88. The molecule has 0 fully saturated rings. The maximum Gasteiger partial charge on any atom is 0.307 e. The fourth-order valence-corrected chi connectivity index (χ4v) is 2.55. The van der Waals surface area contributed by atoms with Gasteiger partial charge in [-0.05, 0) is 24.5 Å². The van der Waals surface area contributed by atoms with Gasteiger partial charge in [0.25, 0.3) is 0 Å². The first-order valence-corrected chi connectivity index (χ1v) is 7.33. The monoisotopic (exact) mass is 289 g/mol. The highest BCUT2D eigenvalue weighted by atomic mass is 16.4. The van der Waals surface area contributed by atoms with Crippen LogP contribution in [0.2, 0.25) is 0 Å². The van der Waals surface area contributed by atoms with E-state index in [9.17, 15) is 9.90 Å². The average molecular weight is 289 g/mol. The number of nitrogens with one attached hydrogen (secondary N) is 1. The molecular formula is C16H23N3O2. The van der Waals surface area contributed by atoms with Gasteiger partial charge in [0.15, 0.2) is 0 Å². The number of para-hydroxylation sites is 2. The molecule has 1 aromatic heterocycles. The summed E-state index contributed by atoms with van der Waals surface area (Å²) in [5.74, 6) is 0.217. The molecule has 1 aromatic carbocycles. The van der Waals surface area contributed by atoms with Crippen LogP contribution in [-0.4, -0.2) is 27.2 Å². The van der Waals surface area contributed by atoms with Gasteiger partial charge in [0.05, 0.1) is 23.5 Å². The van der Waals surface area contributed by atoms with Crippen LogP contribution in [-0.2, 0) is 18.4 Å². The van der Waals surface area contributed by atoms with E-state index in [4.69, 9.17) is 0 Å². The zero-order valence-electron chi connectivity index (χ0n) is 12.8. The number of imidazole rings is 1. The van der Waals surface area contributed by atoms with E-state index in [2.05, 4.69) is 10.3 Å². The van der Waals surface area contributed by atoms with E-state index in [-0.39, 0.29) is 5.92 Å². The van der Waals surface area contributed by atoms with Crippen molar-refractivity contribution in [1.29, 1.82) is 0 Å². The first kappa shape index (κ1) is 15.5. The quantitative estimate of drug-likeness (QED) is 0.821. The SMILES string of the molecule is CC(C)CC(CNCc1nc2ccccc2n1C)C(=O)O. The van der Waals surface area contributed by atoms with Crippen molar-refractivity contribution in [3.05, 3.63) is 30.1 Å². The lowest BCUT2D eigenvalue weighted by Crippen LogP contribution is -2.30. The molecule has 0 radical (unpaired) electrons. The van der Waals surface area contributed by atoms with Crippen LogP contribution in [0.5, 0.6) is 0 Å². The van der Waals surface area contributed by atoms with Crippen molar-refractivity contribution >= 4 is 17.0 Å². The first-order valence-electron chi connectivity index (χ1n) is 7.33. The lowest BCUT2D eigenvalue weighted by Gasteiger charge is -2.15. The molecule has 1 atom stereocenters. The highest BCUT2D eigenvalue weighted by Crippen LogP contribution is 2.15. The summed E-state index contributed by atoms with van der Waals surface area (Å²) in [6, 6.07) is 7.97. The number of aryl methyl sites for hydroxylation is 1. The lowest BCUT2D eigenvalue weighted by atomic mass is 9.97. The second kappa shape index (κ2) is 6.72. The number of hydrogen-bond donors (Lipinski definition) is 2. The molecule has 1 unspecified atom stereocenters. The Morgan fingerprint density at radius 1 is 1.38 bits per heavy atom. The molecule has 114 valence electrons. The van der Waals surface area contributed by atoms with E-state index in [0.29, 0.717) is 25.4 Å². The third-order valence-electron chi connectivity index (χ3n) is 3.66. The highest BCUT2D eigenvalue weighted by molar-refractivity contribution is 5.75. The molecule has 5 nitrogen and oxygen atoms in total. The maximum absolute atomic E-state index is 11.2. The number of fused-ring (bicyclic) bond motifs is 1. The molecule has 0 aliphatic carbocycles. The van der Waals surface area contributed by atoms with Gasteiger partial charge in [-0.2, -0.15) is 0 Å². The summed E-state index contributed by atoms with van der Waals surface area (Å²) in [4.78, 5) is 15.8. The summed E-state index contributed by atoms with van der Waals surface area (Å²) in [6.45, 7) is 5.13. The smallest absolute Gasteiger partial charge is 0.307 e. The van der Waals surface area contributed by atoms with Gasteiger partial charge in [-0.1, -0.05) is 26.0 Å². The van der Waals surface area contributed by atoms with Crippen LogP contribution in [0.4, 0.5) is 0 Å². The van der Waals surface area contributed by atoms with Crippen LogP contribution in [0, 0.1) is 11.8 Å². The summed E-state index contributed by atoms with van der Waals surface area (Å²) in [5, 5.41) is 12.5. The second-order valence-corrected chi connectivity index (χ2v) is 5.87. The van der Waals surface area contributed by atoms with E-state index in [1.54, 1.807) is 0 Å². The second-order valence-electron chi connectivity index (χ2n) is 5.87.